The van der Waals surface area contributed by atoms with E-state index in [9.17, 15) is 18.0 Å². The number of para-hydroxylation sites is 1. The maximum absolute atomic E-state index is 14.1. The van der Waals surface area contributed by atoms with Crippen LogP contribution in [0.5, 0.6) is 5.75 Å². The van der Waals surface area contributed by atoms with Crippen LogP contribution in [0, 0.1) is 13.8 Å². The van der Waals surface area contributed by atoms with Crippen LogP contribution in [-0.2, 0) is 32.6 Å². The number of amides is 2. The van der Waals surface area contributed by atoms with Crippen molar-refractivity contribution in [1.82, 2.24) is 19.1 Å². The third-order valence-corrected chi connectivity index (χ3v) is 12.1. The third-order valence-electron chi connectivity index (χ3n) is 9.24. The number of nitrogens with two attached hydrogens (primary N) is 1. The first-order chi connectivity index (χ1) is 24.0. The molecule has 4 aromatic rings. The lowest BCUT2D eigenvalue weighted by molar-refractivity contribution is -0.141. The van der Waals surface area contributed by atoms with Gasteiger partial charge in [-0.1, -0.05) is 59.6 Å². The van der Waals surface area contributed by atoms with E-state index in [4.69, 9.17) is 33.8 Å². The number of hydrogen-bond donors (Lipinski definition) is 1. The largest absolute Gasteiger partial charge is 0.487 e. The number of halogens is 2. The molecule has 3 aromatic carbocycles. The number of benzene rings is 3. The first-order valence-corrected chi connectivity index (χ1v) is 18.5. The summed E-state index contributed by atoms with van der Waals surface area (Å²) in [5.41, 5.74) is 4.61. The molecule has 1 atom stereocenters. The zero-order valence-electron chi connectivity index (χ0n) is 27.8. The molecule has 0 aliphatic carbocycles. The van der Waals surface area contributed by atoms with Crippen molar-refractivity contribution in [1.29, 1.82) is 0 Å². The van der Waals surface area contributed by atoms with Crippen LogP contribution in [0.1, 0.15) is 40.8 Å². The molecule has 0 saturated carbocycles. The summed E-state index contributed by atoms with van der Waals surface area (Å²) < 4.78 is 35.6. The van der Waals surface area contributed by atoms with E-state index in [2.05, 4.69) is 10.1 Å². The molecular weight excluding hydrogens is 699 g/mol. The maximum Gasteiger partial charge on any atom is 0.245 e. The fraction of sp³-hybridized carbons (Fsp3) is 0.333. The molecule has 2 fully saturated rings. The standard InChI is InChI=1S/C36H38Cl2N6O5S/c1-23-19-24(2)41-35-27(23)5-3-7-31(35)49-22-28-29(37)12-13-32(34(28)38)50(47,48)44-14-4-6-30(44)36(46)43-17-15-42(16-18-43)33(45)20-25-8-10-26(11-9-25)21-40-39/h3,5,7-13,19,21,30H,4,6,14-18,20,22,39H2,1-2H3/t30-/m0/s1. The van der Waals surface area contributed by atoms with Gasteiger partial charge in [0.2, 0.25) is 21.8 Å². The molecule has 2 aliphatic rings. The van der Waals surface area contributed by atoms with Gasteiger partial charge in [0.15, 0.2) is 0 Å². The molecule has 262 valence electrons. The van der Waals surface area contributed by atoms with Crippen molar-refractivity contribution in [3.63, 3.8) is 0 Å². The summed E-state index contributed by atoms with van der Waals surface area (Å²) in [5, 5.41) is 4.66. The minimum atomic E-state index is -4.19. The molecule has 2 amide bonds. The first kappa shape index (κ1) is 35.6. The zero-order chi connectivity index (χ0) is 35.6. The van der Waals surface area contributed by atoms with Crippen LogP contribution in [-0.4, -0.2) is 84.3 Å². The predicted octanol–water partition coefficient (Wildman–Crippen LogP) is 5.10. The van der Waals surface area contributed by atoms with Gasteiger partial charge in [-0.15, -0.1) is 0 Å². The molecule has 2 saturated heterocycles. The topological polar surface area (TPSA) is 138 Å². The van der Waals surface area contributed by atoms with Crippen LogP contribution in [0.15, 0.2) is 70.7 Å². The molecule has 2 aliphatic heterocycles. The Morgan fingerprint density at radius 2 is 1.72 bits per heavy atom. The van der Waals surface area contributed by atoms with Gasteiger partial charge in [-0.3, -0.25) is 9.59 Å². The van der Waals surface area contributed by atoms with Crippen molar-refractivity contribution in [3.05, 3.63) is 98.7 Å². The van der Waals surface area contributed by atoms with Crippen LogP contribution < -0.4 is 10.6 Å². The molecule has 0 unspecified atom stereocenters. The summed E-state index contributed by atoms with van der Waals surface area (Å²) in [6.45, 7) is 5.35. The van der Waals surface area contributed by atoms with Crippen molar-refractivity contribution in [3.8, 4) is 5.75 Å². The molecule has 3 heterocycles. The lowest BCUT2D eigenvalue weighted by Gasteiger charge is -2.37. The lowest BCUT2D eigenvalue weighted by atomic mass is 10.1. The average molecular weight is 738 g/mol. The second-order valence-electron chi connectivity index (χ2n) is 12.5. The highest BCUT2D eigenvalue weighted by molar-refractivity contribution is 7.89. The number of ether oxygens (including phenoxy) is 1. The summed E-state index contributed by atoms with van der Waals surface area (Å²) in [7, 11) is -4.19. The highest BCUT2D eigenvalue weighted by Crippen LogP contribution is 2.37. The average Bonchev–Trinajstić information content (AvgIpc) is 3.60. The van der Waals surface area contributed by atoms with E-state index in [0.29, 0.717) is 55.9 Å². The Labute approximate surface area is 301 Å². The Bertz CT molecular complexity index is 2070. The quantitative estimate of drug-likeness (QED) is 0.143. The molecule has 11 nitrogen and oxygen atoms in total. The molecule has 50 heavy (non-hydrogen) atoms. The van der Waals surface area contributed by atoms with Crippen LogP contribution in [0.2, 0.25) is 10.0 Å². The smallest absolute Gasteiger partial charge is 0.245 e. The monoisotopic (exact) mass is 736 g/mol. The van der Waals surface area contributed by atoms with Gasteiger partial charge in [0.05, 0.1) is 17.7 Å². The van der Waals surface area contributed by atoms with Crippen LogP contribution in [0.3, 0.4) is 0 Å². The number of fused-ring (bicyclic) bond motifs is 1. The van der Waals surface area contributed by atoms with Crippen molar-refractivity contribution in [2.75, 3.05) is 32.7 Å². The maximum atomic E-state index is 14.1. The van der Waals surface area contributed by atoms with E-state index >= 15 is 0 Å². The Hall–Kier alpha value is -4.23. The Balaban J connectivity index is 1.13. The van der Waals surface area contributed by atoms with E-state index < -0.39 is 16.1 Å². The Kier molecular flexibility index (Phi) is 10.6. The number of sulfonamides is 1. The molecule has 0 bridgehead atoms. The van der Waals surface area contributed by atoms with Crippen LogP contribution >= 0.6 is 23.2 Å². The molecule has 0 radical (unpaired) electrons. The zero-order valence-corrected chi connectivity index (χ0v) is 30.1. The number of carbonyl (C=O) groups excluding carboxylic acids is 2. The minimum absolute atomic E-state index is 0.0403. The van der Waals surface area contributed by atoms with Crippen molar-refractivity contribution < 1.29 is 22.7 Å². The number of pyridine rings is 1. The van der Waals surface area contributed by atoms with Gasteiger partial charge in [0, 0.05) is 54.4 Å². The summed E-state index contributed by atoms with van der Waals surface area (Å²) in [6.07, 6.45) is 2.67. The molecule has 1 aromatic heterocycles. The van der Waals surface area contributed by atoms with Gasteiger partial charge in [-0.25, -0.2) is 13.4 Å². The second-order valence-corrected chi connectivity index (χ2v) is 15.2. The third kappa shape index (κ3) is 7.29. The summed E-state index contributed by atoms with van der Waals surface area (Å²) >= 11 is 13.3. The summed E-state index contributed by atoms with van der Waals surface area (Å²) in [5.74, 6) is 5.40. The van der Waals surface area contributed by atoms with E-state index in [1.165, 1.54) is 22.7 Å². The SMILES string of the molecule is Cc1cc(C)c2cccc(OCc3c(Cl)ccc(S(=O)(=O)N4CCC[C@H]4C(=O)N4CCN(C(=O)Cc5ccc(C=NN)cc5)CC4)c3Cl)c2n1. The molecule has 6 rings (SSSR count). The number of aromatic nitrogens is 1. The fourth-order valence-electron chi connectivity index (χ4n) is 6.61. The highest BCUT2D eigenvalue weighted by Gasteiger charge is 2.43. The Morgan fingerprint density at radius 3 is 2.44 bits per heavy atom. The first-order valence-electron chi connectivity index (χ1n) is 16.3. The van der Waals surface area contributed by atoms with Gasteiger partial charge < -0.3 is 20.4 Å². The van der Waals surface area contributed by atoms with E-state index in [-0.39, 0.29) is 46.3 Å². The number of aryl methyl sites for hydroxylation is 2. The van der Waals surface area contributed by atoms with Gasteiger partial charge in [-0.05, 0) is 67.6 Å². The number of carbonyl (C=O) groups is 2. The highest BCUT2D eigenvalue weighted by atomic mass is 35.5. The fourth-order valence-corrected chi connectivity index (χ4v) is 9.13. The number of piperazine rings is 1. The van der Waals surface area contributed by atoms with Crippen molar-refractivity contribution >= 4 is 62.2 Å². The summed E-state index contributed by atoms with van der Waals surface area (Å²) in [6, 6.07) is 17.0. The van der Waals surface area contributed by atoms with Crippen LogP contribution in [0.4, 0.5) is 0 Å². The van der Waals surface area contributed by atoms with Gasteiger partial charge in [0.25, 0.3) is 0 Å². The minimum Gasteiger partial charge on any atom is -0.487 e. The normalized spacial score (nSPS) is 17.2. The summed E-state index contributed by atoms with van der Waals surface area (Å²) in [4.78, 5) is 34.7. The molecule has 0 spiro atoms. The number of nitrogens with zero attached hydrogens (tertiary/aromatic N) is 5. The second kappa shape index (κ2) is 14.9. The molecule has 14 heteroatoms. The lowest BCUT2D eigenvalue weighted by Crippen LogP contribution is -2.55. The predicted molar refractivity (Wildman–Crippen MR) is 194 cm³/mol. The van der Waals surface area contributed by atoms with Crippen molar-refractivity contribution in [2.24, 2.45) is 10.9 Å². The van der Waals surface area contributed by atoms with Gasteiger partial charge in [-0.2, -0.15) is 9.41 Å². The number of hydrazone groups is 1. The van der Waals surface area contributed by atoms with Gasteiger partial charge in [0.1, 0.15) is 28.8 Å². The Morgan fingerprint density at radius 1 is 1.00 bits per heavy atom. The van der Waals surface area contributed by atoms with E-state index in [1.54, 1.807) is 15.9 Å². The van der Waals surface area contributed by atoms with E-state index in [0.717, 1.165) is 27.8 Å². The number of rotatable bonds is 9. The molecule has 2 N–H and O–H groups in total. The number of hydrogen-bond acceptors (Lipinski definition) is 8. The van der Waals surface area contributed by atoms with Crippen molar-refractivity contribution in [2.45, 2.75) is 50.7 Å². The van der Waals surface area contributed by atoms with Crippen LogP contribution in [0.25, 0.3) is 10.9 Å². The molecular formula is C36H38Cl2N6O5S. The van der Waals surface area contributed by atoms with E-state index in [1.807, 2.05) is 56.3 Å². The van der Waals surface area contributed by atoms with Gasteiger partial charge >= 0.3 is 0 Å².